The van der Waals surface area contributed by atoms with Gasteiger partial charge in [0.2, 0.25) is 0 Å². The van der Waals surface area contributed by atoms with Crippen molar-refractivity contribution in [1.29, 1.82) is 0 Å². The molecule has 1 N–H and O–H groups in total. The van der Waals surface area contributed by atoms with Gasteiger partial charge in [-0.1, -0.05) is 12.1 Å². The van der Waals surface area contributed by atoms with Crippen molar-refractivity contribution in [2.45, 2.75) is 45.1 Å². The largest absolute Gasteiger partial charge is 0.448 e. The Morgan fingerprint density at radius 2 is 2.30 bits per heavy atom. The number of carbonyl (C=O) groups excluding carboxylic acids is 2. The van der Waals surface area contributed by atoms with E-state index in [0.29, 0.717) is 28.8 Å². The highest BCUT2D eigenvalue weighted by Crippen LogP contribution is 2.43. The van der Waals surface area contributed by atoms with E-state index in [9.17, 15) is 9.59 Å². The molecule has 1 saturated carbocycles. The fraction of sp³-hybridized carbons (Fsp3) is 0.438. The number of ether oxygens (including phenoxy) is 1. The van der Waals surface area contributed by atoms with Crippen molar-refractivity contribution in [2.75, 3.05) is 5.32 Å². The molecule has 1 fully saturated rings. The van der Waals surface area contributed by atoms with E-state index in [4.69, 9.17) is 9.26 Å². The van der Waals surface area contributed by atoms with Gasteiger partial charge in [0.25, 0.3) is 5.91 Å². The Labute approximate surface area is 137 Å². The van der Waals surface area contributed by atoms with E-state index in [0.717, 1.165) is 18.4 Å². The van der Waals surface area contributed by atoms with Crippen LogP contribution in [0.5, 0.6) is 0 Å². The monoisotopic (exact) mass is 334 g/mol. The molecule has 0 bridgehead atoms. The second-order valence-corrected chi connectivity index (χ2v) is 6.51. The van der Waals surface area contributed by atoms with Crippen LogP contribution in [0.4, 0.5) is 5.82 Å². The van der Waals surface area contributed by atoms with Gasteiger partial charge in [0.15, 0.2) is 11.9 Å². The van der Waals surface area contributed by atoms with Crippen LogP contribution in [0, 0.1) is 6.92 Å². The predicted octanol–water partition coefficient (Wildman–Crippen LogP) is 3.50. The number of thiophene rings is 1. The normalized spacial score (nSPS) is 15.2. The number of hydrogen-bond acceptors (Lipinski definition) is 6. The molecular formula is C16H18N2O4S. The van der Waals surface area contributed by atoms with E-state index in [1.807, 2.05) is 11.4 Å². The zero-order chi connectivity index (χ0) is 16.4. The topological polar surface area (TPSA) is 81.4 Å². The summed E-state index contributed by atoms with van der Waals surface area (Å²) in [5.41, 5.74) is 1.04. The summed E-state index contributed by atoms with van der Waals surface area (Å²) in [6.07, 6.45) is 1.76. The van der Waals surface area contributed by atoms with Crippen molar-refractivity contribution in [1.82, 2.24) is 5.16 Å². The first-order valence-corrected chi connectivity index (χ1v) is 8.49. The molecular weight excluding hydrogens is 316 g/mol. The lowest BCUT2D eigenvalue weighted by molar-refractivity contribution is -0.124. The molecule has 1 aliphatic rings. The summed E-state index contributed by atoms with van der Waals surface area (Å²) in [5.74, 6) is 0.546. The van der Waals surface area contributed by atoms with Gasteiger partial charge in [0, 0.05) is 6.07 Å². The Morgan fingerprint density at radius 1 is 1.52 bits per heavy atom. The molecule has 1 aliphatic carbocycles. The molecule has 0 spiro atoms. The number of esters is 1. The summed E-state index contributed by atoms with van der Waals surface area (Å²) in [5, 5.41) is 8.19. The molecule has 2 heterocycles. The summed E-state index contributed by atoms with van der Waals surface area (Å²) in [6.45, 7) is 3.53. The number of amides is 1. The highest BCUT2D eigenvalue weighted by molar-refractivity contribution is 7.12. The standard InChI is InChI=1S/C16H18N2O4S/c1-3-12(15(19)17-13-8-9(2)22-18-13)21-16(20)14-11(6-7-23-14)10-4-5-10/h6-8,10,12H,3-5H2,1-2H3,(H,17,18,19). The zero-order valence-corrected chi connectivity index (χ0v) is 13.8. The Morgan fingerprint density at radius 3 is 2.91 bits per heavy atom. The lowest BCUT2D eigenvalue weighted by Crippen LogP contribution is -2.32. The SMILES string of the molecule is CCC(OC(=O)c1sccc1C1CC1)C(=O)Nc1cc(C)on1. The molecule has 122 valence electrons. The second kappa shape index (κ2) is 6.54. The van der Waals surface area contributed by atoms with Crippen LogP contribution in [-0.4, -0.2) is 23.1 Å². The van der Waals surface area contributed by atoms with Crippen molar-refractivity contribution >= 4 is 29.0 Å². The van der Waals surface area contributed by atoms with Gasteiger partial charge in [-0.3, -0.25) is 4.79 Å². The third-order valence-electron chi connectivity index (χ3n) is 3.69. The molecule has 1 atom stereocenters. The molecule has 23 heavy (non-hydrogen) atoms. The summed E-state index contributed by atoms with van der Waals surface area (Å²) in [6, 6.07) is 3.58. The van der Waals surface area contributed by atoms with Gasteiger partial charge in [0.05, 0.1) is 0 Å². The van der Waals surface area contributed by atoms with Crippen molar-refractivity contribution < 1.29 is 18.8 Å². The number of anilines is 1. The predicted molar refractivity (Wildman–Crippen MR) is 85.7 cm³/mol. The second-order valence-electron chi connectivity index (χ2n) is 5.59. The van der Waals surface area contributed by atoms with Crippen molar-refractivity contribution in [3.8, 4) is 0 Å². The highest BCUT2D eigenvalue weighted by atomic mass is 32.1. The van der Waals surface area contributed by atoms with E-state index >= 15 is 0 Å². The first kappa shape index (κ1) is 15.7. The Hall–Kier alpha value is -2.15. The van der Waals surface area contributed by atoms with Gasteiger partial charge >= 0.3 is 5.97 Å². The number of hydrogen-bond donors (Lipinski definition) is 1. The smallest absolute Gasteiger partial charge is 0.349 e. The highest BCUT2D eigenvalue weighted by Gasteiger charge is 2.31. The Kier molecular flexibility index (Phi) is 4.47. The van der Waals surface area contributed by atoms with Gasteiger partial charge in [-0.25, -0.2) is 4.79 Å². The number of aryl methyl sites for hydroxylation is 1. The average Bonchev–Trinajstić information content (AvgIpc) is 3.11. The van der Waals surface area contributed by atoms with E-state index in [1.54, 1.807) is 19.9 Å². The minimum absolute atomic E-state index is 0.316. The molecule has 0 aliphatic heterocycles. The fourth-order valence-electron chi connectivity index (χ4n) is 2.34. The first-order chi connectivity index (χ1) is 11.1. The third-order valence-corrected chi connectivity index (χ3v) is 4.60. The summed E-state index contributed by atoms with van der Waals surface area (Å²) < 4.78 is 10.3. The van der Waals surface area contributed by atoms with E-state index in [-0.39, 0.29) is 0 Å². The van der Waals surface area contributed by atoms with Crippen LogP contribution >= 0.6 is 11.3 Å². The molecule has 7 heteroatoms. The average molecular weight is 334 g/mol. The summed E-state index contributed by atoms with van der Waals surface area (Å²) >= 11 is 1.36. The Balaban J connectivity index is 1.65. The van der Waals surface area contributed by atoms with Crippen molar-refractivity contribution in [3.63, 3.8) is 0 Å². The van der Waals surface area contributed by atoms with Crippen LogP contribution in [0.2, 0.25) is 0 Å². The minimum Gasteiger partial charge on any atom is -0.448 e. The number of carbonyl (C=O) groups is 2. The molecule has 1 amide bonds. The number of nitrogens with zero attached hydrogens (tertiary/aromatic N) is 1. The van der Waals surface area contributed by atoms with Crippen LogP contribution in [0.25, 0.3) is 0 Å². The molecule has 0 saturated heterocycles. The molecule has 1 unspecified atom stereocenters. The number of aromatic nitrogens is 1. The van der Waals surface area contributed by atoms with Crippen LogP contribution in [0.15, 0.2) is 22.0 Å². The molecule has 2 aromatic heterocycles. The van der Waals surface area contributed by atoms with Crippen molar-refractivity contribution in [3.05, 3.63) is 33.7 Å². The first-order valence-electron chi connectivity index (χ1n) is 7.61. The Bertz CT molecular complexity index is 717. The number of nitrogens with one attached hydrogen (secondary N) is 1. The molecule has 3 rings (SSSR count). The van der Waals surface area contributed by atoms with Crippen LogP contribution in [0.1, 0.15) is 53.1 Å². The van der Waals surface area contributed by atoms with E-state index < -0.39 is 18.0 Å². The van der Waals surface area contributed by atoms with E-state index in [2.05, 4.69) is 10.5 Å². The van der Waals surface area contributed by atoms with E-state index in [1.165, 1.54) is 11.3 Å². The molecule has 6 nitrogen and oxygen atoms in total. The van der Waals surface area contributed by atoms with Crippen LogP contribution in [0.3, 0.4) is 0 Å². The van der Waals surface area contributed by atoms with Crippen LogP contribution in [-0.2, 0) is 9.53 Å². The molecule has 0 radical (unpaired) electrons. The quantitative estimate of drug-likeness (QED) is 0.818. The lowest BCUT2D eigenvalue weighted by Gasteiger charge is -2.15. The van der Waals surface area contributed by atoms with Gasteiger partial charge in [-0.05, 0) is 49.1 Å². The van der Waals surface area contributed by atoms with Gasteiger partial charge in [-0.2, -0.15) is 0 Å². The third kappa shape index (κ3) is 3.61. The maximum absolute atomic E-state index is 12.4. The van der Waals surface area contributed by atoms with Crippen molar-refractivity contribution in [2.24, 2.45) is 0 Å². The fourth-order valence-corrected chi connectivity index (χ4v) is 3.20. The van der Waals surface area contributed by atoms with Gasteiger partial charge in [0.1, 0.15) is 10.6 Å². The minimum atomic E-state index is -0.853. The summed E-state index contributed by atoms with van der Waals surface area (Å²) in [7, 11) is 0. The van der Waals surface area contributed by atoms with Gasteiger partial charge < -0.3 is 14.6 Å². The van der Waals surface area contributed by atoms with Gasteiger partial charge in [-0.15, -0.1) is 11.3 Å². The lowest BCUT2D eigenvalue weighted by atomic mass is 10.1. The maximum atomic E-state index is 12.4. The molecule has 0 aromatic carbocycles. The maximum Gasteiger partial charge on any atom is 0.349 e. The van der Waals surface area contributed by atoms with Crippen LogP contribution < -0.4 is 5.32 Å². The zero-order valence-electron chi connectivity index (χ0n) is 13.0. The molecule has 2 aromatic rings. The number of rotatable bonds is 6. The summed E-state index contributed by atoms with van der Waals surface area (Å²) in [4.78, 5) is 25.2.